The number of hydrogen-bond acceptors (Lipinski definition) is 3. The Labute approximate surface area is 119 Å². The first-order chi connectivity index (χ1) is 8.00. The lowest BCUT2D eigenvalue weighted by atomic mass is 10.1. The first kappa shape index (κ1) is 13.3. The second-order valence-electron chi connectivity index (χ2n) is 4.87. The van der Waals surface area contributed by atoms with E-state index in [2.05, 4.69) is 55.6 Å². The van der Waals surface area contributed by atoms with Crippen LogP contribution in [0.4, 0.5) is 5.82 Å². The molecule has 3 nitrogen and oxygen atoms in total. The summed E-state index contributed by atoms with van der Waals surface area (Å²) in [4.78, 5) is 6.72. The normalized spacial score (nSPS) is 23.8. The van der Waals surface area contributed by atoms with Gasteiger partial charge >= 0.3 is 0 Å². The van der Waals surface area contributed by atoms with Gasteiger partial charge in [-0.3, -0.25) is 0 Å². The molecule has 5 heteroatoms. The van der Waals surface area contributed by atoms with Crippen LogP contribution >= 0.6 is 31.9 Å². The minimum atomic E-state index is -0.133. The highest BCUT2D eigenvalue weighted by Crippen LogP contribution is 2.26. The van der Waals surface area contributed by atoms with Gasteiger partial charge in [-0.25, -0.2) is 4.98 Å². The van der Waals surface area contributed by atoms with Crippen LogP contribution in [0.5, 0.6) is 0 Å². The summed E-state index contributed by atoms with van der Waals surface area (Å²) in [7, 11) is 0. The summed E-state index contributed by atoms with van der Waals surface area (Å²) in [5, 5.41) is 0.851. The number of morpholine rings is 1. The molecule has 0 spiro atoms. The maximum absolute atomic E-state index is 5.97. The first-order valence-corrected chi connectivity index (χ1v) is 7.52. The van der Waals surface area contributed by atoms with Crippen molar-refractivity contribution in [2.24, 2.45) is 0 Å². The van der Waals surface area contributed by atoms with E-state index in [0.29, 0.717) is 0 Å². The van der Waals surface area contributed by atoms with Crippen LogP contribution in [0.2, 0.25) is 0 Å². The molecule has 0 radical (unpaired) electrons. The highest BCUT2D eigenvalue weighted by Gasteiger charge is 2.33. The zero-order valence-corrected chi connectivity index (χ0v) is 13.2. The molecule has 0 bridgehead atoms. The lowest BCUT2D eigenvalue weighted by Crippen LogP contribution is -2.53. The molecule has 1 saturated heterocycles. The van der Waals surface area contributed by atoms with Gasteiger partial charge in [-0.05, 0) is 41.9 Å². The van der Waals surface area contributed by atoms with Crippen LogP contribution in [0.15, 0.2) is 22.8 Å². The van der Waals surface area contributed by atoms with E-state index < -0.39 is 0 Å². The second-order valence-corrected chi connectivity index (χ2v) is 6.43. The summed E-state index contributed by atoms with van der Waals surface area (Å²) in [6.45, 7) is 5.98. The molecule has 0 aromatic carbocycles. The summed E-state index contributed by atoms with van der Waals surface area (Å²) >= 11 is 6.90. The minimum absolute atomic E-state index is 0.133. The Morgan fingerprint density at radius 3 is 2.88 bits per heavy atom. The predicted molar refractivity (Wildman–Crippen MR) is 76.9 cm³/mol. The summed E-state index contributed by atoms with van der Waals surface area (Å²) < 4.78 is 6.98. The van der Waals surface area contributed by atoms with Gasteiger partial charge in [-0.15, -0.1) is 0 Å². The SMILES string of the molecule is CC1(C)CN(c2ccc(Br)cn2)CC(CBr)O1. The van der Waals surface area contributed by atoms with Crippen molar-refractivity contribution in [3.05, 3.63) is 22.8 Å². The van der Waals surface area contributed by atoms with Gasteiger partial charge in [0.1, 0.15) is 5.82 Å². The molecule has 1 aliphatic rings. The summed E-state index contributed by atoms with van der Waals surface area (Å²) in [5.41, 5.74) is -0.133. The number of alkyl halides is 1. The van der Waals surface area contributed by atoms with Gasteiger partial charge in [0, 0.05) is 29.1 Å². The van der Waals surface area contributed by atoms with Gasteiger partial charge in [0.15, 0.2) is 0 Å². The van der Waals surface area contributed by atoms with E-state index in [4.69, 9.17) is 4.74 Å². The van der Waals surface area contributed by atoms with Crippen molar-refractivity contribution in [1.82, 2.24) is 4.98 Å². The molecule has 2 heterocycles. The number of halogens is 2. The molecule has 0 saturated carbocycles. The smallest absolute Gasteiger partial charge is 0.128 e. The summed E-state index contributed by atoms with van der Waals surface area (Å²) in [6.07, 6.45) is 2.05. The average molecular weight is 364 g/mol. The van der Waals surface area contributed by atoms with Gasteiger partial charge in [0.2, 0.25) is 0 Å². The monoisotopic (exact) mass is 362 g/mol. The van der Waals surface area contributed by atoms with Crippen LogP contribution in [-0.2, 0) is 4.74 Å². The van der Waals surface area contributed by atoms with Crippen LogP contribution in [0.3, 0.4) is 0 Å². The fourth-order valence-corrected chi connectivity index (χ4v) is 2.68. The maximum atomic E-state index is 5.97. The molecule has 17 heavy (non-hydrogen) atoms. The highest BCUT2D eigenvalue weighted by atomic mass is 79.9. The van der Waals surface area contributed by atoms with Gasteiger partial charge < -0.3 is 9.64 Å². The van der Waals surface area contributed by atoms with E-state index in [9.17, 15) is 0 Å². The molecule has 94 valence electrons. The van der Waals surface area contributed by atoms with Crippen LogP contribution in [0, 0.1) is 0 Å². The topological polar surface area (TPSA) is 25.4 Å². The lowest BCUT2D eigenvalue weighted by Gasteiger charge is -2.42. The number of aromatic nitrogens is 1. The van der Waals surface area contributed by atoms with Crippen LogP contribution < -0.4 is 4.90 Å². The minimum Gasteiger partial charge on any atom is -0.368 e. The summed E-state index contributed by atoms with van der Waals surface area (Å²) in [6, 6.07) is 4.06. The van der Waals surface area contributed by atoms with E-state index in [0.717, 1.165) is 28.7 Å². The van der Waals surface area contributed by atoms with Gasteiger partial charge in [0.05, 0.1) is 11.7 Å². The van der Waals surface area contributed by atoms with Gasteiger partial charge in [0.25, 0.3) is 0 Å². The van der Waals surface area contributed by atoms with E-state index in [1.54, 1.807) is 0 Å². The standard InChI is InChI=1S/C12H16Br2N2O/c1-12(2)8-16(7-10(5-13)17-12)11-4-3-9(14)6-15-11/h3-4,6,10H,5,7-8H2,1-2H3. The molecule has 1 aliphatic heterocycles. The van der Waals surface area contributed by atoms with Gasteiger partial charge in [-0.2, -0.15) is 0 Å². The van der Waals surface area contributed by atoms with Crippen molar-refractivity contribution in [3.63, 3.8) is 0 Å². The third-order valence-corrected chi connectivity index (χ3v) is 3.88. The van der Waals surface area contributed by atoms with Crippen LogP contribution in [0.25, 0.3) is 0 Å². The molecule has 1 aromatic rings. The molecule has 0 aliphatic carbocycles. The largest absolute Gasteiger partial charge is 0.368 e. The van der Waals surface area contributed by atoms with Gasteiger partial charge in [-0.1, -0.05) is 15.9 Å². The first-order valence-electron chi connectivity index (χ1n) is 5.60. The lowest BCUT2D eigenvalue weighted by molar-refractivity contribution is -0.0725. The number of anilines is 1. The molecule has 1 unspecified atom stereocenters. The molecule has 1 fully saturated rings. The van der Waals surface area contributed by atoms with Crippen molar-refractivity contribution in [2.45, 2.75) is 25.6 Å². The number of pyridine rings is 1. The van der Waals surface area contributed by atoms with E-state index in [-0.39, 0.29) is 11.7 Å². The van der Waals surface area contributed by atoms with Crippen molar-refractivity contribution in [1.29, 1.82) is 0 Å². The number of nitrogens with zero attached hydrogens (tertiary/aromatic N) is 2. The van der Waals surface area contributed by atoms with E-state index in [1.165, 1.54) is 0 Å². The molecule has 0 amide bonds. The molecular formula is C12H16Br2N2O. The third-order valence-electron chi connectivity index (χ3n) is 2.69. The Hall–Kier alpha value is -0.130. The Morgan fingerprint density at radius 2 is 2.29 bits per heavy atom. The van der Waals surface area contributed by atoms with E-state index >= 15 is 0 Å². The predicted octanol–water partition coefficient (Wildman–Crippen LogP) is 3.22. The Morgan fingerprint density at radius 1 is 1.53 bits per heavy atom. The van der Waals surface area contributed by atoms with Crippen molar-refractivity contribution >= 4 is 37.7 Å². The molecule has 2 rings (SSSR count). The quantitative estimate of drug-likeness (QED) is 0.754. The molecule has 1 aromatic heterocycles. The average Bonchev–Trinajstić information content (AvgIpc) is 2.27. The van der Waals surface area contributed by atoms with Crippen LogP contribution in [0.1, 0.15) is 13.8 Å². The Kier molecular flexibility index (Phi) is 4.10. The Balaban J connectivity index is 2.17. The zero-order valence-electron chi connectivity index (χ0n) is 9.99. The molecule has 0 N–H and O–H groups in total. The number of rotatable bonds is 2. The number of ether oxygens (including phenoxy) is 1. The van der Waals surface area contributed by atoms with Crippen molar-refractivity contribution in [3.8, 4) is 0 Å². The number of hydrogen-bond donors (Lipinski definition) is 0. The molecule has 1 atom stereocenters. The fourth-order valence-electron chi connectivity index (χ4n) is 2.11. The van der Waals surface area contributed by atoms with Crippen molar-refractivity contribution in [2.75, 3.05) is 23.3 Å². The fraction of sp³-hybridized carbons (Fsp3) is 0.583. The van der Waals surface area contributed by atoms with E-state index in [1.807, 2.05) is 18.3 Å². The molecular weight excluding hydrogens is 348 g/mol. The second kappa shape index (κ2) is 5.24. The summed E-state index contributed by atoms with van der Waals surface area (Å²) in [5.74, 6) is 1.01. The third kappa shape index (κ3) is 3.42. The van der Waals surface area contributed by atoms with Crippen LogP contribution in [-0.4, -0.2) is 35.1 Å². The van der Waals surface area contributed by atoms with Crippen molar-refractivity contribution < 1.29 is 4.74 Å². The maximum Gasteiger partial charge on any atom is 0.128 e. The highest BCUT2D eigenvalue weighted by molar-refractivity contribution is 9.10. The zero-order chi connectivity index (χ0) is 12.5. The Bertz CT molecular complexity index is 381.